The first-order chi connectivity index (χ1) is 8.31. The van der Waals surface area contributed by atoms with Crippen LogP contribution >= 0.6 is 0 Å². The average Bonchev–Trinajstić information content (AvgIpc) is 3.10. The summed E-state index contributed by atoms with van der Waals surface area (Å²) in [6.07, 6.45) is 3.40. The molecule has 1 aromatic heterocycles. The molecule has 0 spiro atoms. The molecule has 94 valence electrons. The van der Waals surface area contributed by atoms with Gasteiger partial charge in [0.25, 0.3) is 0 Å². The Balaban J connectivity index is 2.08. The summed E-state index contributed by atoms with van der Waals surface area (Å²) in [7, 11) is 1.64. The quantitative estimate of drug-likeness (QED) is 0.786. The van der Waals surface area contributed by atoms with E-state index in [1.54, 1.807) is 7.11 Å². The van der Waals surface area contributed by atoms with Gasteiger partial charge in [0, 0.05) is 19.2 Å². The summed E-state index contributed by atoms with van der Waals surface area (Å²) >= 11 is 0. The van der Waals surface area contributed by atoms with Crippen LogP contribution < -0.4 is 10.1 Å². The van der Waals surface area contributed by atoms with Crippen LogP contribution in [0.1, 0.15) is 32.0 Å². The molecule has 0 aliphatic heterocycles. The molecule has 0 amide bonds. The fourth-order valence-corrected chi connectivity index (χ4v) is 1.46. The Labute approximate surface area is 102 Å². The minimum Gasteiger partial charge on any atom is -0.478 e. The second kappa shape index (κ2) is 5.82. The fourth-order valence-electron chi connectivity index (χ4n) is 1.46. The molecule has 1 N–H and O–H groups in total. The molecule has 0 bridgehead atoms. The van der Waals surface area contributed by atoms with Crippen molar-refractivity contribution in [3.8, 4) is 5.88 Å². The summed E-state index contributed by atoms with van der Waals surface area (Å²) in [4.78, 5) is 8.67. The maximum absolute atomic E-state index is 5.54. The van der Waals surface area contributed by atoms with E-state index in [-0.39, 0.29) is 0 Å². The molecule has 2 rings (SSSR count). The number of methoxy groups -OCH3 is 1. The lowest BCUT2D eigenvalue weighted by Gasteiger charge is -2.09. The second-order valence-electron chi connectivity index (χ2n) is 4.21. The van der Waals surface area contributed by atoms with Crippen molar-refractivity contribution in [3.63, 3.8) is 0 Å². The normalized spacial score (nSPS) is 14.7. The van der Waals surface area contributed by atoms with Crippen molar-refractivity contribution in [3.05, 3.63) is 11.9 Å². The highest BCUT2D eigenvalue weighted by molar-refractivity contribution is 5.40. The van der Waals surface area contributed by atoms with Crippen molar-refractivity contribution in [2.24, 2.45) is 0 Å². The van der Waals surface area contributed by atoms with Crippen molar-refractivity contribution in [2.45, 2.75) is 38.8 Å². The van der Waals surface area contributed by atoms with Gasteiger partial charge < -0.3 is 14.8 Å². The molecule has 0 atom stereocenters. The zero-order chi connectivity index (χ0) is 12.1. The SMILES string of the molecule is CCCOc1cc(NC2CC2)nc(COC)n1. The second-order valence-corrected chi connectivity index (χ2v) is 4.21. The van der Waals surface area contributed by atoms with E-state index in [0.29, 0.717) is 31.0 Å². The highest BCUT2D eigenvalue weighted by Crippen LogP contribution is 2.25. The first kappa shape index (κ1) is 12.1. The Bertz CT molecular complexity index is 367. The molecule has 5 nitrogen and oxygen atoms in total. The zero-order valence-electron chi connectivity index (χ0n) is 10.4. The third kappa shape index (κ3) is 3.85. The zero-order valence-corrected chi connectivity index (χ0v) is 10.4. The lowest BCUT2D eigenvalue weighted by atomic mass is 10.4. The van der Waals surface area contributed by atoms with E-state index in [9.17, 15) is 0 Å². The maximum atomic E-state index is 5.54. The van der Waals surface area contributed by atoms with Gasteiger partial charge in [0.2, 0.25) is 5.88 Å². The summed E-state index contributed by atoms with van der Waals surface area (Å²) < 4.78 is 10.6. The fraction of sp³-hybridized carbons (Fsp3) is 0.667. The number of anilines is 1. The highest BCUT2D eigenvalue weighted by atomic mass is 16.5. The van der Waals surface area contributed by atoms with Crippen molar-refractivity contribution >= 4 is 5.82 Å². The molecule has 1 aliphatic carbocycles. The largest absolute Gasteiger partial charge is 0.478 e. The molecule has 1 aliphatic rings. The third-order valence-electron chi connectivity index (χ3n) is 2.41. The van der Waals surface area contributed by atoms with Gasteiger partial charge in [0.1, 0.15) is 12.4 Å². The van der Waals surface area contributed by atoms with Gasteiger partial charge in [-0.2, -0.15) is 4.98 Å². The van der Waals surface area contributed by atoms with E-state index in [4.69, 9.17) is 9.47 Å². The Morgan fingerprint density at radius 2 is 2.24 bits per heavy atom. The Morgan fingerprint density at radius 1 is 1.41 bits per heavy atom. The molecule has 0 unspecified atom stereocenters. The lowest BCUT2D eigenvalue weighted by Crippen LogP contribution is -2.08. The predicted molar refractivity (Wildman–Crippen MR) is 65.2 cm³/mol. The smallest absolute Gasteiger partial charge is 0.218 e. The monoisotopic (exact) mass is 237 g/mol. The van der Waals surface area contributed by atoms with Gasteiger partial charge in [-0.05, 0) is 19.3 Å². The molecule has 5 heteroatoms. The summed E-state index contributed by atoms with van der Waals surface area (Å²) in [5, 5.41) is 3.34. The van der Waals surface area contributed by atoms with Gasteiger partial charge in [0.05, 0.1) is 6.61 Å². The van der Waals surface area contributed by atoms with E-state index in [0.717, 1.165) is 12.2 Å². The number of nitrogens with zero attached hydrogens (tertiary/aromatic N) is 2. The Hall–Kier alpha value is -1.36. The number of rotatable bonds is 7. The standard InChI is InChI=1S/C12H19N3O2/c1-3-6-17-12-7-10(13-9-4-5-9)14-11(15-12)8-16-2/h7,9H,3-6,8H2,1-2H3,(H,13,14,15). The van der Waals surface area contributed by atoms with Crippen molar-refractivity contribution in [1.82, 2.24) is 9.97 Å². The maximum Gasteiger partial charge on any atom is 0.218 e. The molecule has 1 fully saturated rings. The van der Waals surface area contributed by atoms with E-state index < -0.39 is 0 Å². The van der Waals surface area contributed by atoms with Crippen LogP contribution in [0.5, 0.6) is 5.88 Å². The average molecular weight is 237 g/mol. The van der Waals surface area contributed by atoms with Gasteiger partial charge in [-0.15, -0.1) is 0 Å². The number of nitrogens with one attached hydrogen (secondary N) is 1. The van der Waals surface area contributed by atoms with E-state index in [2.05, 4.69) is 22.2 Å². The minimum atomic E-state index is 0.405. The molecular formula is C12H19N3O2. The number of aromatic nitrogens is 2. The summed E-state index contributed by atoms with van der Waals surface area (Å²) in [5.74, 6) is 2.11. The molecular weight excluding hydrogens is 218 g/mol. The van der Waals surface area contributed by atoms with Crippen molar-refractivity contribution in [1.29, 1.82) is 0 Å². The third-order valence-corrected chi connectivity index (χ3v) is 2.41. The van der Waals surface area contributed by atoms with Gasteiger partial charge >= 0.3 is 0 Å². The molecule has 0 radical (unpaired) electrons. The van der Waals surface area contributed by atoms with Crippen LogP contribution in [0.15, 0.2) is 6.07 Å². The first-order valence-corrected chi connectivity index (χ1v) is 6.08. The Morgan fingerprint density at radius 3 is 2.88 bits per heavy atom. The van der Waals surface area contributed by atoms with E-state index >= 15 is 0 Å². The van der Waals surface area contributed by atoms with Gasteiger partial charge in [0.15, 0.2) is 5.82 Å². The van der Waals surface area contributed by atoms with E-state index in [1.807, 2.05) is 6.07 Å². The van der Waals surface area contributed by atoms with Crippen LogP contribution in [-0.4, -0.2) is 29.7 Å². The van der Waals surface area contributed by atoms with Gasteiger partial charge in [-0.25, -0.2) is 4.98 Å². The molecule has 1 heterocycles. The topological polar surface area (TPSA) is 56.3 Å². The lowest BCUT2D eigenvalue weighted by molar-refractivity contribution is 0.176. The van der Waals surface area contributed by atoms with Crippen LogP contribution in [0.4, 0.5) is 5.82 Å². The predicted octanol–water partition coefficient (Wildman–Crippen LogP) is 1.99. The van der Waals surface area contributed by atoms with Crippen molar-refractivity contribution in [2.75, 3.05) is 19.0 Å². The Kier molecular flexibility index (Phi) is 4.14. The van der Waals surface area contributed by atoms with Crippen LogP contribution in [-0.2, 0) is 11.3 Å². The first-order valence-electron chi connectivity index (χ1n) is 6.08. The molecule has 0 saturated heterocycles. The highest BCUT2D eigenvalue weighted by Gasteiger charge is 2.21. The van der Waals surface area contributed by atoms with Crippen LogP contribution in [0.2, 0.25) is 0 Å². The molecule has 0 aromatic carbocycles. The number of hydrogen-bond acceptors (Lipinski definition) is 5. The number of hydrogen-bond donors (Lipinski definition) is 1. The van der Waals surface area contributed by atoms with E-state index in [1.165, 1.54) is 12.8 Å². The van der Waals surface area contributed by atoms with Gasteiger partial charge in [-0.3, -0.25) is 0 Å². The molecule has 1 saturated carbocycles. The van der Waals surface area contributed by atoms with Crippen LogP contribution in [0, 0.1) is 0 Å². The number of ether oxygens (including phenoxy) is 2. The summed E-state index contributed by atoms with van der Waals surface area (Å²) in [6.45, 7) is 3.15. The minimum absolute atomic E-state index is 0.405. The van der Waals surface area contributed by atoms with Crippen LogP contribution in [0.25, 0.3) is 0 Å². The molecule has 1 aromatic rings. The van der Waals surface area contributed by atoms with Gasteiger partial charge in [-0.1, -0.05) is 6.92 Å². The summed E-state index contributed by atoms with van der Waals surface area (Å²) in [6, 6.07) is 2.42. The summed E-state index contributed by atoms with van der Waals surface area (Å²) in [5.41, 5.74) is 0. The van der Waals surface area contributed by atoms with Crippen molar-refractivity contribution < 1.29 is 9.47 Å². The molecule has 17 heavy (non-hydrogen) atoms. The van der Waals surface area contributed by atoms with Crippen LogP contribution in [0.3, 0.4) is 0 Å².